The van der Waals surface area contributed by atoms with Gasteiger partial charge in [0.05, 0.1) is 11.5 Å². The molecule has 2 atom stereocenters. The minimum absolute atomic E-state index is 0.0979. The minimum atomic E-state index is -0.782. The summed E-state index contributed by atoms with van der Waals surface area (Å²) in [6.07, 6.45) is 1.10. The first-order valence-electron chi connectivity index (χ1n) is 9.33. The SMILES string of the molecule is CCOC(=O)[C@H](CCc1ccccc1)N[C@@H](C)C(=O)Oc1ccc([N+](=O)[O-])cc1. The van der Waals surface area contributed by atoms with Crippen LogP contribution in [0.1, 0.15) is 25.8 Å². The van der Waals surface area contributed by atoms with Crippen LogP contribution in [0.4, 0.5) is 5.69 Å². The van der Waals surface area contributed by atoms with Gasteiger partial charge in [-0.1, -0.05) is 30.3 Å². The zero-order chi connectivity index (χ0) is 21.2. The molecule has 0 amide bonds. The van der Waals surface area contributed by atoms with Crippen molar-refractivity contribution < 1.29 is 24.0 Å². The summed E-state index contributed by atoms with van der Waals surface area (Å²) in [7, 11) is 0. The maximum absolute atomic E-state index is 12.4. The Hall–Kier alpha value is -3.26. The molecule has 1 N–H and O–H groups in total. The Kier molecular flexibility index (Phi) is 8.29. The fraction of sp³-hybridized carbons (Fsp3) is 0.333. The van der Waals surface area contributed by atoms with Crippen LogP contribution in [0.25, 0.3) is 0 Å². The van der Waals surface area contributed by atoms with E-state index in [1.807, 2.05) is 30.3 Å². The molecular weight excluding hydrogens is 376 g/mol. The molecule has 0 fully saturated rings. The molecule has 0 aliphatic heterocycles. The molecule has 0 heterocycles. The summed E-state index contributed by atoms with van der Waals surface area (Å²) < 4.78 is 10.3. The van der Waals surface area contributed by atoms with E-state index in [1.165, 1.54) is 24.3 Å². The standard InChI is InChI=1S/C21H24N2O6/c1-3-28-21(25)19(14-9-16-7-5-4-6-8-16)22-15(2)20(24)29-18-12-10-17(11-13-18)23(26)27/h4-8,10-13,15,19,22H,3,9,14H2,1-2H3/t15-,19-/m0/s1. The molecule has 8 nitrogen and oxygen atoms in total. The van der Waals surface area contributed by atoms with E-state index in [1.54, 1.807) is 13.8 Å². The van der Waals surface area contributed by atoms with Crippen molar-refractivity contribution in [1.82, 2.24) is 5.32 Å². The van der Waals surface area contributed by atoms with Crippen LogP contribution in [0.15, 0.2) is 54.6 Å². The second-order valence-corrected chi connectivity index (χ2v) is 6.39. The number of nitro benzene ring substituents is 1. The van der Waals surface area contributed by atoms with E-state index in [0.29, 0.717) is 12.8 Å². The second-order valence-electron chi connectivity index (χ2n) is 6.39. The number of carbonyl (C=O) groups excluding carboxylic acids is 2. The lowest BCUT2D eigenvalue weighted by molar-refractivity contribution is -0.384. The summed E-state index contributed by atoms with van der Waals surface area (Å²) in [6, 6.07) is 13.4. The molecule has 0 aliphatic rings. The van der Waals surface area contributed by atoms with Gasteiger partial charge in [0.2, 0.25) is 0 Å². The summed E-state index contributed by atoms with van der Waals surface area (Å²) in [6.45, 7) is 3.55. The summed E-state index contributed by atoms with van der Waals surface area (Å²) in [4.78, 5) is 34.8. The van der Waals surface area contributed by atoms with E-state index < -0.39 is 28.9 Å². The van der Waals surface area contributed by atoms with Crippen LogP contribution in [0.3, 0.4) is 0 Å². The van der Waals surface area contributed by atoms with Crippen LogP contribution in [0.2, 0.25) is 0 Å². The monoisotopic (exact) mass is 400 g/mol. The van der Waals surface area contributed by atoms with Crippen molar-refractivity contribution in [3.05, 3.63) is 70.3 Å². The fourth-order valence-electron chi connectivity index (χ4n) is 2.68. The molecular formula is C21H24N2O6. The quantitative estimate of drug-likeness (QED) is 0.283. The number of rotatable bonds is 10. The fourth-order valence-corrected chi connectivity index (χ4v) is 2.68. The van der Waals surface area contributed by atoms with Gasteiger partial charge >= 0.3 is 11.9 Å². The molecule has 0 saturated heterocycles. The van der Waals surface area contributed by atoms with E-state index in [9.17, 15) is 19.7 Å². The number of nitrogens with one attached hydrogen (secondary N) is 1. The Labute approximate surface area is 169 Å². The molecule has 0 bridgehead atoms. The van der Waals surface area contributed by atoms with E-state index in [-0.39, 0.29) is 18.0 Å². The molecule has 2 aromatic rings. The van der Waals surface area contributed by atoms with Gasteiger partial charge in [-0.15, -0.1) is 0 Å². The van der Waals surface area contributed by atoms with Gasteiger partial charge in [-0.25, -0.2) is 4.79 Å². The number of hydrogen-bond donors (Lipinski definition) is 1. The number of non-ortho nitro benzene ring substituents is 1. The van der Waals surface area contributed by atoms with Gasteiger partial charge in [0.25, 0.3) is 5.69 Å². The van der Waals surface area contributed by atoms with Crippen molar-refractivity contribution in [1.29, 1.82) is 0 Å². The third-order valence-corrected chi connectivity index (χ3v) is 4.21. The average molecular weight is 400 g/mol. The molecule has 154 valence electrons. The van der Waals surface area contributed by atoms with E-state index >= 15 is 0 Å². The summed E-state index contributed by atoms with van der Waals surface area (Å²) >= 11 is 0. The van der Waals surface area contributed by atoms with Gasteiger partial charge < -0.3 is 9.47 Å². The highest BCUT2D eigenvalue weighted by atomic mass is 16.6. The van der Waals surface area contributed by atoms with Crippen LogP contribution in [-0.2, 0) is 20.7 Å². The van der Waals surface area contributed by atoms with E-state index in [2.05, 4.69) is 5.32 Å². The normalized spacial score (nSPS) is 12.6. The van der Waals surface area contributed by atoms with Crippen molar-refractivity contribution in [3.8, 4) is 5.75 Å². The summed E-state index contributed by atoms with van der Waals surface area (Å²) in [5, 5.41) is 13.7. The lowest BCUT2D eigenvalue weighted by Gasteiger charge is -2.21. The Morgan fingerprint density at radius 3 is 2.31 bits per heavy atom. The second kappa shape index (κ2) is 10.9. The first kappa shape index (κ1) is 22.0. The Bertz CT molecular complexity index is 823. The van der Waals surface area contributed by atoms with Gasteiger partial charge in [0.15, 0.2) is 0 Å². The molecule has 0 spiro atoms. The zero-order valence-electron chi connectivity index (χ0n) is 16.4. The number of nitrogens with zero attached hydrogens (tertiary/aromatic N) is 1. The molecule has 0 unspecified atom stereocenters. The molecule has 2 rings (SSSR count). The molecule has 0 aliphatic carbocycles. The molecule has 0 saturated carbocycles. The van der Waals surface area contributed by atoms with E-state index in [4.69, 9.17) is 9.47 Å². The van der Waals surface area contributed by atoms with Crippen molar-refractivity contribution in [2.24, 2.45) is 0 Å². The number of hydrogen-bond acceptors (Lipinski definition) is 7. The van der Waals surface area contributed by atoms with Crippen LogP contribution in [0, 0.1) is 10.1 Å². The van der Waals surface area contributed by atoms with Crippen molar-refractivity contribution in [3.63, 3.8) is 0 Å². The van der Waals surface area contributed by atoms with Crippen LogP contribution < -0.4 is 10.1 Å². The van der Waals surface area contributed by atoms with Gasteiger partial charge in [-0.3, -0.25) is 20.2 Å². The average Bonchev–Trinajstić information content (AvgIpc) is 2.72. The number of benzene rings is 2. The lowest BCUT2D eigenvalue weighted by Crippen LogP contribution is -2.47. The lowest BCUT2D eigenvalue weighted by atomic mass is 10.0. The van der Waals surface area contributed by atoms with Crippen LogP contribution >= 0.6 is 0 Å². The van der Waals surface area contributed by atoms with Gasteiger partial charge in [-0.05, 0) is 44.4 Å². The highest BCUT2D eigenvalue weighted by Gasteiger charge is 2.25. The minimum Gasteiger partial charge on any atom is -0.465 e. The first-order chi connectivity index (χ1) is 13.9. The summed E-state index contributed by atoms with van der Waals surface area (Å²) in [5.74, 6) is -0.850. The van der Waals surface area contributed by atoms with Crippen LogP contribution in [-0.4, -0.2) is 35.6 Å². The third-order valence-electron chi connectivity index (χ3n) is 4.21. The third kappa shape index (κ3) is 7.00. The number of aryl methyl sites for hydroxylation is 1. The first-order valence-corrected chi connectivity index (χ1v) is 9.33. The maximum atomic E-state index is 12.4. The topological polar surface area (TPSA) is 108 Å². The highest BCUT2D eigenvalue weighted by molar-refractivity contribution is 5.80. The zero-order valence-corrected chi connectivity index (χ0v) is 16.4. The number of carbonyl (C=O) groups is 2. The van der Waals surface area contributed by atoms with Gasteiger partial charge in [0, 0.05) is 12.1 Å². The Balaban J connectivity index is 1.97. The number of ether oxygens (including phenoxy) is 2. The number of nitro groups is 1. The van der Waals surface area contributed by atoms with E-state index in [0.717, 1.165) is 5.56 Å². The molecule has 0 aromatic heterocycles. The van der Waals surface area contributed by atoms with Crippen molar-refractivity contribution in [2.75, 3.05) is 6.61 Å². The van der Waals surface area contributed by atoms with Crippen molar-refractivity contribution >= 4 is 17.6 Å². The molecule has 29 heavy (non-hydrogen) atoms. The predicted molar refractivity (Wildman–Crippen MR) is 107 cm³/mol. The molecule has 2 aromatic carbocycles. The highest BCUT2D eigenvalue weighted by Crippen LogP contribution is 2.18. The Morgan fingerprint density at radius 2 is 1.72 bits per heavy atom. The molecule has 8 heteroatoms. The largest absolute Gasteiger partial charge is 0.465 e. The number of esters is 2. The van der Waals surface area contributed by atoms with Gasteiger partial charge in [0.1, 0.15) is 17.8 Å². The summed E-state index contributed by atoms with van der Waals surface area (Å²) in [5.41, 5.74) is 0.976. The maximum Gasteiger partial charge on any atom is 0.328 e. The smallest absolute Gasteiger partial charge is 0.328 e. The van der Waals surface area contributed by atoms with Crippen LogP contribution in [0.5, 0.6) is 5.75 Å². The predicted octanol–water partition coefficient (Wildman–Crippen LogP) is 3.04. The van der Waals surface area contributed by atoms with Crippen molar-refractivity contribution in [2.45, 2.75) is 38.8 Å². The molecule has 0 radical (unpaired) electrons. The Morgan fingerprint density at radius 1 is 1.07 bits per heavy atom. The van der Waals surface area contributed by atoms with Gasteiger partial charge in [-0.2, -0.15) is 0 Å².